The maximum atomic E-state index is 2.23. The molecule has 0 saturated carbocycles. The van der Waals surface area contributed by atoms with Crippen molar-refractivity contribution < 1.29 is 0 Å². The molecule has 0 unspecified atom stereocenters. The van der Waals surface area contributed by atoms with Gasteiger partial charge in [0.1, 0.15) is 0 Å². The van der Waals surface area contributed by atoms with Gasteiger partial charge in [-0.15, -0.1) is 41.9 Å². The van der Waals surface area contributed by atoms with Crippen molar-refractivity contribution in [1.82, 2.24) is 0 Å². The second-order valence-corrected chi connectivity index (χ2v) is 4.02. The van der Waals surface area contributed by atoms with E-state index in [2.05, 4.69) is 20.0 Å². The predicted octanol–water partition coefficient (Wildman–Crippen LogP) is 2.51. The average Bonchev–Trinajstić information content (AvgIpc) is 0.811. The molecule has 0 saturated heterocycles. The summed E-state index contributed by atoms with van der Waals surface area (Å²) in [4.78, 5) is 0. The van der Waals surface area contributed by atoms with Crippen LogP contribution in [0.4, 0.5) is 0 Å². The van der Waals surface area contributed by atoms with Crippen LogP contribution in [0.15, 0.2) is 0 Å². The highest BCUT2D eigenvalue weighted by Crippen LogP contribution is 2.14. The van der Waals surface area contributed by atoms with Gasteiger partial charge < -0.3 is 0 Å². The summed E-state index contributed by atoms with van der Waals surface area (Å²) in [5.41, 5.74) is 0. The molecule has 0 aromatic rings. The smallest absolute Gasteiger partial charge is 0.0449 e. The molecule has 0 aromatic carbocycles. The lowest BCUT2D eigenvalue weighted by atomic mass is 11.9. The minimum atomic E-state index is 0. The average molecular weight is 238 g/mol. The number of rotatable bonds is 0. The molecule has 0 heterocycles. The van der Waals surface area contributed by atoms with E-state index in [1.54, 1.807) is 0 Å². The summed E-state index contributed by atoms with van der Waals surface area (Å²) >= 11 is 0. The van der Waals surface area contributed by atoms with Crippen LogP contribution in [0.2, 0.25) is 0 Å². The summed E-state index contributed by atoms with van der Waals surface area (Å²) in [5.74, 6) is 0. The molecule has 0 aromatic heterocycles. The molecule has 0 nitrogen and oxygen atoms in total. The Hall–Kier alpha value is 1.39. The van der Waals surface area contributed by atoms with Crippen molar-refractivity contribution >= 4 is 41.9 Å². The number of hydrogen-bond donors (Lipinski definition) is 0. The van der Waals surface area contributed by atoms with E-state index in [1.165, 1.54) is 0 Å². The van der Waals surface area contributed by atoms with Gasteiger partial charge in [0.2, 0.25) is 0 Å². The first-order valence-corrected chi connectivity index (χ1v) is 4.02. The zero-order valence-corrected chi connectivity index (χ0v) is 8.58. The Balaban J connectivity index is -0.0000000450. The Morgan fingerprint density at radius 3 is 0.833 bits per heavy atom. The minimum Gasteiger partial charge on any atom is -0.116 e. The van der Waals surface area contributed by atoms with E-state index in [4.69, 9.17) is 0 Å². The van der Waals surface area contributed by atoms with Crippen LogP contribution < -0.4 is 0 Å². The van der Waals surface area contributed by atoms with Crippen LogP contribution in [0.25, 0.3) is 0 Å². The van der Waals surface area contributed by atoms with E-state index in [0.717, 1.165) is 0 Å². The van der Waals surface area contributed by atoms with Crippen molar-refractivity contribution in [2.75, 3.05) is 20.0 Å². The lowest BCUT2D eigenvalue weighted by Crippen LogP contribution is -1.48. The molecule has 0 aliphatic heterocycles. The molecule has 0 radical (unpaired) electrons. The molecular formula is C3H11Br2P. The molecule has 0 spiro atoms. The molecule has 0 aliphatic rings. The standard InChI is InChI=1S/C3H9P.2BrH/c1-4(2)3;;/h1-3H3;2*1H. The lowest BCUT2D eigenvalue weighted by Gasteiger charge is -1.81. The van der Waals surface area contributed by atoms with Crippen molar-refractivity contribution in [3.8, 4) is 0 Å². The van der Waals surface area contributed by atoms with Gasteiger partial charge in [-0.25, -0.2) is 0 Å². The predicted molar refractivity (Wildman–Crippen MR) is 45.3 cm³/mol. The van der Waals surface area contributed by atoms with Crippen molar-refractivity contribution in [2.24, 2.45) is 0 Å². The van der Waals surface area contributed by atoms with Gasteiger partial charge in [-0.1, -0.05) is 0 Å². The Bertz CT molecular complexity index is 13.5. The Morgan fingerprint density at radius 1 is 0.833 bits per heavy atom. The van der Waals surface area contributed by atoms with Crippen LogP contribution in [-0.2, 0) is 0 Å². The van der Waals surface area contributed by atoms with Crippen LogP contribution >= 0.6 is 41.9 Å². The minimum absolute atomic E-state index is 0. The Morgan fingerprint density at radius 2 is 0.833 bits per heavy atom. The molecule has 0 aliphatic carbocycles. The molecule has 42 valence electrons. The van der Waals surface area contributed by atoms with Crippen LogP contribution in [0.5, 0.6) is 0 Å². The summed E-state index contributed by atoms with van der Waals surface area (Å²) in [6.07, 6.45) is 0. The fourth-order valence-corrected chi connectivity index (χ4v) is 0. The summed E-state index contributed by atoms with van der Waals surface area (Å²) in [6.45, 7) is 6.69. The van der Waals surface area contributed by atoms with Gasteiger partial charge in [0.25, 0.3) is 0 Å². The third-order valence-corrected chi connectivity index (χ3v) is 0. The summed E-state index contributed by atoms with van der Waals surface area (Å²) < 4.78 is 0. The van der Waals surface area contributed by atoms with E-state index in [9.17, 15) is 0 Å². The van der Waals surface area contributed by atoms with Gasteiger partial charge in [-0.05, 0) is 20.0 Å². The highest BCUT2D eigenvalue weighted by molar-refractivity contribution is 8.93. The van der Waals surface area contributed by atoms with Crippen LogP contribution in [0, 0.1) is 0 Å². The second kappa shape index (κ2) is 9.63. The largest absolute Gasteiger partial charge is 0.116 e. The summed E-state index contributed by atoms with van der Waals surface area (Å²) in [7, 11) is 0.380. The topological polar surface area (TPSA) is 0 Å². The molecule has 0 fully saturated rings. The first-order chi connectivity index (χ1) is 1.73. The molecule has 3 heteroatoms. The maximum Gasteiger partial charge on any atom is -0.0449 e. The molecular weight excluding hydrogens is 227 g/mol. The van der Waals surface area contributed by atoms with E-state index in [1.807, 2.05) is 0 Å². The van der Waals surface area contributed by atoms with Crippen LogP contribution in [-0.4, -0.2) is 20.0 Å². The van der Waals surface area contributed by atoms with Gasteiger partial charge in [-0.2, -0.15) is 0 Å². The highest BCUT2D eigenvalue weighted by Gasteiger charge is 1.65. The third kappa shape index (κ3) is 53.8. The van der Waals surface area contributed by atoms with Crippen molar-refractivity contribution in [3.05, 3.63) is 0 Å². The first-order valence-electron chi connectivity index (χ1n) is 1.34. The van der Waals surface area contributed by atoms with Crippen molar-refractivity contribution in [3.63, 3.8) is 0 Å². The molecule has 0 atom stereocenters. The normalized spacial score (nSPS) is 6.00. The van der Waals surface area contributed by atoms with Crippen molar-refractivity contribution in [1.29, 1.82) is 0 Å². The fraction of sp³-hybridized carbons (Fsp3) is 1.00. The van der Waals surface area contributed by atoms with Gasteiger partial charge in [0.05, 0.1) is 0 Å². The zero-order valence-electron chi connectivity index (χ0n) is 4.26. The third-order valence-electron chi connectivity index (χ3n) is 0. The molecule has 0 N–H and O–H groups in total. The van der Waals surface area contributed by atoms with E-state index in [-0.39, 0.29) is 34.0 Å². The fourth-order valence-electron chi connectivity index (χ4n) is 0. The van der Waals surface area contributed by atoms with E-state index < -0.39 is 0 Å². The van der Waals surface area contributed by atoms with E-state index in [0.29, 0.717) is 7.92 Å². The van der Waals surface area contributed by atoms with Crippen LogP contribution in [0.3, 0.4) is 0 Å². The van der Waals surface area contributed by atoms with E-state index >= 15 is 0 Å². The Kier molecular flexibility index (Phi) is 25.1. The summed E-state index contributed by atoms with van der Waals surface area (Å²) in [6, 6.07) is 0. The Labute approximate surface area is 62.0 Å². The monoisotopic (exact) mass is 236 g/mol. The van der Waals surface area contributed by atoms with Gasteiger partial charge >= 0.3 is 0 Å². The second-order valence-electron chi connectivity index (χ2n) is 1.34. The SMILES string of the molecule is Br.Br.CP(C)C. The van der Waals surface area contributed by atoms with Crippen LogP contribution in [0.1, 0.15) is 0 Å². The molecule has 0 bridgehead atoms. The molecule has 0 amide bonds. The van der Waals surface area contributed by atoms with Gasteiger partial charge in [0.15, 0.2) is 0 Å². The quantitative estimate of drug-likeness (QED) is 0.568. The van der Waals surface area contributed by atoms with Gasteiger partial charge in [-0.3, -0.25) is 0 Å². The van der Waals surface area contributed by atoms with Gasteiger partial charge in [0, 0.05) is 0 Å². The lowest BCUT2D eigenvalue weighted by molar-refractivity contribution is 2.13. The molecule has 0 rings (SSSR count). The highest BCUT2D eigenvalue weighted by atomic mass is 79.9. The number of hydrogen-bond acceptors (Lipinski definition) is 0. The summed E-state index contributed by atoms with van der Waals surface area (Å²) in [5, 5.41) is 0. The number of halogens is 2. The molecule has 6 heavy (non-hydrogen) atoms. The zero-order chi connectivity index (χ0) is 3.58. The van der Waals surface area contributed by atoms with Crippen molar-refractivity contribution in [2.45, 2.75) is 0 Å². The maximum absolute atomic E-state index is 2.23. The first kappa shape index (κ1) is 15.7.